The van der Waals surface area contributed by atoms with Crippen LogP contribution >= 0.6 is 15.9 Å². The lowest BCUT2D eigenvalue weighted by Crippen LogP contribution is -2.13. The molecule has 0 unspecified atom stereocenters. The van der Waals surface area contributed by atoms with E-state index in [1.54, 1.807) is 25.3 Å². The summed E-state index contributed by atoms with van der Waals surface area (Å²) in [5.74, 6) is 0.569. The summed E-state index contributed by atoms with van der Waals surface area (Å²) in [6, 6.07) is 19.1. The topological polar surface area (TPSA) is 71.3 Å². The molecule has 0 spiro atoms. The van der Waals surface area contributed by atoms with Crippen LogP contribution in [0.2, 0.25) is 0 Å². The molecule has 3 rings (SSSR count). The molecular weight excluding hydrogens is 480 g/mol. The van der Waals surface area contributed by atoms with Crippen LogP contribution in [0.1, 0.15) is 27.8 Å². The molecule has 6 heteroatoms. The highest BCUT2D eigenvalue weighted by Gasteiger charge is 2.14. The number of anilines is 1. The molecule has 0 aliphatic carbocycles. The van der Waals surface area contributed by atoms with Crippen molar-refractivity contribution in [1.29, 1.82) is 5.26 Å². The van der Waals surface area contributed by atoms with E-state index >= 15 is 0 Å². The Bertz CT molecular complexity index is 1260. The minimum absolute atomic E-state index is 0.0192. The number of carbonyl (C=O) groups is 1. The summed E-state index contributed by atoms with van der Waals surface area (Å²) in [6.45, 7) is 6.46. The summed E-state index contributed by atoms with van der Waals surface area (Å²) in [7, 11) is 1.55. The molecule has 0 saturated carbocycles. The second kappa shape index (κ2) is 10.8. The Morgan fingerprint density at radius 1 is 1.09 bits per heavy atom. The van der Waals surface area contributed by atoms with E-state index in [1.165, 1.54) is 17.2 Å². The zero-order chi connectivity index (χ0) is 24.0. The van der Waals surface area contributed by atoms with Gasteiger partial charge in [-0.2, -0.15) is 5.26 Å². The molecule has 0 fully saturated rings. The number of amides is 1. The first kappa shape index (κ1) is 24.1. The number of methoxy groups -OCH3 is 1. The van der Waals surface area contributed by atoms with Gasteiger partial charge in [-0.15, -0.1) is 0 Å². The van der Waals surface area contributed by atoms with Gasteiger partial charge in [0.1, 0.15) is 18.2 Å². The van der Waals surface area contributed by atoms with Gasteiger partial charge in [0.15, 0.2) is 11.5 Å². The van der Waals surface area contributed by atoms with Crippen LogP contribution in [0.25, 0.3) is 6.08 Å². The van der Waals surface area contributed by atoms with Crippen LogP contribution in [0.4, 0.5) is 5.69 Å². The van der Waals surface area contributed by atoms with Crippen molar-refractivity contribution in [2.75, 3.05) is 12.4 Å². The van der Waals surface area contributed by atoms with Gasteiger partial charge in [-0.3, -0.25) is 4.79 Å². The average Bonchev–Trinajstić information content (AvgIpc) is 2.78. The van der Waals surface area contributed by atoms with Crippen molar-refractivity contribution in [2.24, 2.45) is 0 Å². The van der Waals surface area contributed by atoms with E-state index in [0.717, 1.165) is 11.1 Å². The van der Waals surface area contributed by atoms with E-state index in [2.05, 4.69) is 47.2 Å². The minimum atomic E-state index is -0.478. The van der Waals surface area contributed by atoms with Gasteiger partial charge in [-0.05, 0) is 94.9 Å². The van der Waals surface area contributed by atoms with Gasteiger partial charge < -0.3 is 14.8 Å². The summed E-state index contributed by atoms with van der Waals surface area (Å²) in [5.41, 5.74) is 5.75. The largest absolute Gasteiger partial charge is 0.493 e. The molecule has 0 aliphatic rings. The zero-order valence-corrected chi connectivity index (χ0v) is 20.6. The number of ether oxygens (including phenoxy) is 2. The number of halogens is 1. The Morgan fingerprint density at radius 2 is 1.88 bits per heavy atom. The van der Waals surface area contributed by atoms with Crippen LogP contribution in [-0.2, 0) is 11.4 Å². The maximum Gasteiger partial charge on any atom is 0.266 e. The van der Waals surface area contributed by atoms with Crippen LogP contribution in [0.5, 0.6) is 11.5 Å². The Kier molecular flexibility index (Phi) is 7.92. The summed E-state index contributed by atoms with van der Waals surface area (Å²) in [5, 5.41) is 12.3. The standard InChI is InChI=1S/C27H25BrN2O3/c1-17-6-5-7-23(10-17)30-27(31)22(15-29)12-21-13-24(28)26(25(14-21)32-4)33-16-20-9-8-18(2)19(3)11-20/h5-14H,16H2,1-4H3,(H,30,31)/b22-12+. The van der Waals surface area contributed by atoms with Crippen LogP contribution in [0.15, 0.2) is 64.6 Å². The number of nitrogens with zero attached hydrogens (tertiary/aromatic N) is 1. The van der Waals surface area contributed by atoms with Crippen molar-refractivity contribution in [2.45, 2.75) is 27.4 Å². The van der Waals surface area contributed by atoms with Crippen LogP contribution in [-0.4, -0.2) is 13.0 Å². The molecule has 0 aromatic heterocycles. The first-order chi connectivity index (χ1) is 15.8. The molecule has 0 heterocycles. The molecule has 1 amide bonds. The first-order valence-electron chi connectivity index (χ1n) is 10.4. The third kappa shape index (κ3) is 6.24. The third-order valence-electron chi connectivity index (χ3n) is 5.16. The van der Waals surface area contributed by atoms with Crippen LogP contribution in [0.3, 0.4) is 0 Å². The lowest BCUT2D eigenvalue weighted by Gasteiger charge is -2.14. The van der Waals surface area contributed by atoms with Crippen LogP contribution < -0.4 is 14.8 Å². The van der Waals surface area contributed by atoms with E-state index in [0.29, 0.717) is 33.8 Å². The summed E-state index contributed by atoms with van der Waals surface area (Å²) < 4.78 is 12.2. The van der Waals surface area contributed by atoms with Crippen LogP contribution in [0, 0.1) is 32.1 Å². The van der Waals surface area contributed by atoms with Gasteiger partial charge in [0.2, 0.25) is 0 Å². The van der Waals surface area contributed by atoms with E-state index < -0.39 is 5.91 Å². The van der Waals surface area contributed by atoms with Crippen molar-refractivity contribution in [3.8, 4) is 17.6 Å². The fourth-order valence-electron chi connectivity index (χ4n) is 3.25. The van der Waals surface area contributed by atoms with Crippen molar-refractivity contribution < 1.29 is 14.3 Å². The molecular formula is C27H25BrN2O3. The maximum atomic E-state index is 12.6. The summed E-state index contributed by atoms with van der Waals surface area (Å²) in [6.07, 6.45) is 1.52. The Balaban J connectivity index is 1.82. The molecule has 168 valence electrons. The lowest BCUT2D eigenvalue weighted by molar-refractivity contribution is -0.112. The number of aryl methyl sites for hydroxylation is 3. The van der Waals surface area contributed by atoms with E-state index in [4.69, 9.17) is 9.47 Å². The number of nitrogens with one attached hydrogen (secondary N) is 1. The molecule has 0 aliphatic heterocycles. The Hall–Kier alpha value is -3.56. The van der Waals surface area contributed by atoms with E-state index in [1.807, 2.05) is 37.3 Å². The van der Waals surface area contributed by atoms with E-state index in [9.17, 15) is 10.1 Å². The molecule has 3 aromatic carbocycles. The first-order valence-corrected chi connectivity index (χ1v) is 11.2. The minimum Gasteiger partial charge on any atom is -0.493 e. The Morgan fingerprint density at radius 3 is 2.55 bits per heavy atom. The van der Waals surface area contributed by atoms with E-state index in [-0.39, 0.29) is 5.57 Å². The van der Waals surface area contributed by atoms with Crippen molar-refractivity contribution in [3.05, 3.63) is 92.5 Å². The highest BCUT2D eigenvalue weighted by atomic mass is 79.9. The quantitative estimate of drug-likeness (QED) is 0.294. The van der Waals surface area contributed by atoms with Gasteiger partial charge in [-0.25, -0.2) is 0 Å². The average molecular weight is 505 g/mol. The highest BCUT2D eigenvalue weighted by molar-refractivity contribution is 9.10. The maximum absolute atomic E-state index is 12.6. The second-order valence-corrected chi connectivity index (χ2v) is 8.59. The van der Waals surface area contributed by atoms with Crippen molar-refractivity contribution in [3.63, 3.8) is 0 Å². The van der Waals surface area contributed by atoms with Gasteiger partial charge in [-0.1, -0.05) is 30.3 Å². The van der Waals surface area contributed by atoms with Gasteiger partial charge in [0, 0.05) is 5.69 Å². The van der Waals surface area contributed by atoms with Crippen molar-refractivity contribution >= 4 is 33.6 Å². The predicted octanol–water partition coefficient (Wildman–Crippen LogP) is 6.51. The van der Waals surface area contributed by atoms with Gasteiger partial charge >= 0.3 is 0 Å². The summed E-state index contributed by atoms with van der Waals surface area (Å²) >= 11 is 3.53. The fraction of sp³-hybridized carbons (Fsp3) is 0.185. The highest BCUT2D eigenvalue weighted by Crippen LogP contribution is 2.38. The number of hydrogen-bond acceptors (Lipinski definition) is 4. The molecule has 5 nitrogen and oxygen atoms in total. The summed E-state index contributed by atoms with van der Waals surface area (Å²) in [4.78, 5) is 12.6. The number of rotatable bonds is 7. The third-order valence-corrected chi connectivity index (χ3v) is 5.75. The smallest absolute Gasteiger partial charge is 0.266 e. The molecule has 3 aromatic rings. The number of carbonyl (C=O) groups excluding carboxylic acids is 1. The molecule has 0 bridgehead atoms. The zero-order valence-electron chi connectivity index (χ0n) is 19.0. The van der Waals surface area contributed by atoms with Gasteiger partial charge in [0.25, 0.3) is 5.91 Å². The monoisotopic (exact) mass is 504 g/mol. The molecule has 0 radical (unpaired) electrons. The normalized spacial score (nSPS) is 11.0. The SMILES string of the molecule is COc1cc(/C=C(\C#N)C(=O)Nc2cccc(C)c2)cc(Br)c1OCc1ccc(C)c(C)c1. The molecule has 0 atom stereocenters. The fourth-order valence-corrected chi connectivity index (χ4v) is 3.82. The molecule has 33 heavy (non-hydrogen) atoms. The number of nitriles is 1. The Labute approximate surface area is 202 Å². The van der Waals surface area contributed by atoms with Gasteiger partial charge in [0.05, 0.1) is 11.6 Å². The number of hydrogen-bond donors (Lipinski definition) is 1. The predicted molar refractivity (Wildman–Crippen MR) is 134 cm³/mol. The molecule has 0 saturated heterocycles. The lowest BCUT2D eigenvalue weighted by atomic mass is 10.1. The van der Waals surface area contributed by atoms with Crippen molar-refractivity contribution in [1.82, 2.24) is 0 Å². The number of benzene rings is 3. The molecule has 1 N–H and O–H groups in total. The second-order valence-electron chi connectivity index (χ2n) is 7.73.